The van der Waals surface area contributed by atoms with Crippen LogP contribution in [0.25, 0.3) is 10.9 Å². The zero-order valence-electron chi connectivity index (χ0n) is 9.53. The van der Waals surface area contributed by atoms with Gasteiger partial charge in [-0.25, -0.2) is 4.79 Å². The zero-order chi connectivity index (χ0) is 11.7. The molecule has 0 fully saturated rings. The summed E-state index contributed by atoms with van der Waals surface area (Å²) in [6.07, 6.45) is 0.918. The van der Waals surface area contributed by atoms with Crippen molar-refractivity contribution in [2.24, 2.45) is 0 Å². The molecule has 0 bridgehead atoms. The van der Waals surface area contributed by atoms with Crippen LogP contribution in [0.2, 0.25) is 0 Å². The zero-order valence-corrected chi connectivity index (χ0v) is 9.53. The Kier molecular flexibility index (Phi) is 2.69. The molecule has 0 aliphatic rings. The van der Waals surface area contributed by atoms with Crippen LogP contribution < -0.4 is 0 Å². The van der Waals surface area contributed by atoms with Gasteiger partial charge in [-0.2, -0.15) is 0 Å². The van der Waals surface area contributed by atoms with Crippen molar-refractivity contribution < 1.29 is 9.90 Å². The van der Waals surface area contributed by atoms with E-state index in [1.165, 1.54) is 5.69 Å². The van der Waals surface area contributed by atoms with Gasteiger partial charge >= 0.3 is 5.97 Å². The standard InChI is InChI=1S/C13H15NO2/c1-3-9-8-11-10(13(15)16)6-5-7-12(11)14(9)4-2/h5-8H,3-4H2,1-2H3,(H,15,16). The monoisotopic (exact) mass is 217 g/mol. The lowest BCUT2D eigenvalue weighted by Crippen LogP contribution is -1.99. The van der Waals surface area contributed by atoms with Gasteiger partial charge in [0.25, 0.3) is 0 Å². The van der Waals surface area contributed by atoms with Gasteiger partial charge in [-0.1, -0.05) is 13.0 Å². The summed E-state index contributed by atoms with van der Waals surface area (Å²) in [5, 5.41) is 9.96. The van der Waals surface area contributed by atoms with E-state index in [0.29, 0.717) is 5.56 Å². The van der Waals surface area contributed by atoms with E-state index in [2.05, 4.69) is 18.4 Å². The number of aromatic carboxylic acids is 1. The Morgan fingerprint density at radius 1 is 1.38 bits per heavy atom. The first-order valence-electron chi connectivity index (χ1n) is 5.53. The Balaban J connectivity index is 2.80. The van der Waals surface area contributed by atoms with Crippen LogP contribution in [0.5, 0.6) is 0 Å². The van der Waals surface area contributed by atoms with E-state index in [4.69, 9.17) is 5.11 Å². The molecule has 2 aromatic rings. The van der Waals surface area contributed by atoms with Crippen molar-refractivity contribution in [1.82, 2.24) is 4.57 Å². The topological polar surface area (TPSA) is 42.2 Å². The minimum Gasteiger partial charge on any atom is -0.478 e. The van der Waals surface area contributed by atoms with Gasteiger partial charge in [0.2, 0.25) is 0 Å². The summed E-state index contributed by atoms with van der Waals surface area (Å²) < 4.78 is 2.17. The highest BCUT2D eigenvalue weighted by atomic mass is 16.4. The average Bonchev–Trinajstić information content (AvgIpc) is 2.65. The van der Waals surface area contributed by atoms with Crippen molar-refractivity contribution in [3.05, 3.63) is 35.5 Å². The van der Waals surface area contributed by atoms with Crippen LogP contribution in [0.1, 0.15) is 29.9 Å². The first-order chi connectivity index (χ1) is 7.69. The normalized spacial score (nSPS) is 10.9. The summed E-state index contributed by atoms with van der Waals surface area (Å²) in [7, 11) is 0. The van der Waals surface area contributed by atoms with Gasteiger partial charge in [0.15, 0.2) is 0 Å². The Hall–Kier alpha value is -1.77. The molecule has 0 atom stereocenters. The lowest BCUT2D eigenvalue weighted by Gasteiger charge is -2.05. The van der Waals surface area contributed by atoms with E-state index in [-0.39, 0.29) is 0 Å². The Morgan fingerprint density at radius 2 is 2.12 bits per heavy atom. The first-order valence-corrected chi connectivity index (χ1v) is 5.53. The van der Waals surface area contributed by atoms with E-state index in [9.17, 15) is 4.79 Å². The smallest absolute Gasteiger partial charge is 0.336 e. The van der Waals surface area contributed by atoms with Crippen LogP contribution in [0.4, 0.5) is 0 Å². The first kappa shape index (κ1) is 10.7. The molecule has 3 nitrogen and oxygen atoms in total. The number of fused-ring (bicyclic) bond motifs is 1. The van der Waals surface area contributed by atoms with Gasteiger partial charge in [0, 0.05) is 23.1 Å². The molecule has 0 saturated heterocycles. The number of aryl methyl sites for hydroxylation is 2. The summed E-state index contributed by atoms with van der Waals surface area (Å²) in [6, 6.07) is 7.42. The highest BCUT2D eigenvalue weighted by Crippen LogP contribution is 2.24. The second kappa shape index (κ2) is 4.00. The summed E-state index contributed by atoms with van der Waals surface area (Å²) in [5.41, 5.74) is 2.59. The number of rotatable bonds is 3. The quantitative estimate of drug-likeness (QED) is 0.858. The molecule has 1 aromatic heterocycles. The summed E-state index contributed by atoms with van der Waals surface area (Å²) in [5.74, 6) is -0.860. The number of carbonyl (C=O) groups is 1. The maximum atomic E-state index is 11.1. The number of aromatic nitrogens is 1. The number of benzene rings is 1. The molecule has 0 unspecified atom stereocenters. The van der Waals surface area contributed by atoms with Crippen molar-refractivity contribution in [3.8, 4) is 0 Å². The van der Waals surface area contributed by atoms with E-state index in [1.807, 2.05) is 12.1 Å². The summed E-state index contributed by atoms with van der Waals surface area (Å²) in [4.78, 5) is 11.1. The van der Waals surface area contributed by atoms with Crippen molar-refractivity contribution in [2.45, 2.75) is 26.8 Å². The van der Waals surface area contributed by atoms with Crippen LogP contribution in [-0.4, -0.2) is 15.6 Å². The molecule has 2 rings (SSSR count). The fourth-order valence-electron chi connectivity index (χ4n) is 2.19. The third kappa shape index (κ3) is 1.48. The predicted octanol–water partition coefficient (Wildman–Crippen LogP) is 2.92. The largest absolute Gasteiger partial charge is 0.478 e. The minimum absolute atomic E-state index is 0.388. The van der Waals surface area contributed by atoms with E-state index in [0.717, 1.165) is 23.9 Å². The van der Waals surface area contributed by atoms with Crippen LogP contribution in [0, 0.1) is 0 Å². The van der Waals surface area contributed by atoms with E-state index < -0.39 is 5.97 Å². The Morgan fingerprint density at radius 3 is 2.69 bits per heavy atom. The fourth-order valence-corrected chi connectivity index (χ4v) is 2.19. The molecule has 0 aliphatic carbocycles. The number of carboxylic acids is 1. The minimum atomic E-state index is -0.860. The average molecular weight is 217 g/mol. The van der Waals surface area contributed by atoms with Crippen molar-refractivity contribution in [2.75, 3.05) is 0 Å². The highest BCUT2D eigenvalue weighted by Gasteiger charge is 2.13. The summed E-state index contributed by atoms with van der Waals surface area (Å²) >= 11 is 0. The molecule has 0 amide bonds. The highest BCUT2D eigenvalue weighted by molar-refractivity contribution is 6.03. The van der Waals surface area contributed by atoms with Gasteiger partial charge in [-0.3, -0.25) is 0 Å². The van der Waals surface area contributed by atoms with Gasteiger partial charge < -0.3 is 9.67 Å². The predicted molar refractivity (Wildman–Crippen MR) is 63.9 cm³/mol. The van der Waals surface area contributed by atoms with Crippen molar-refractivity contribution >= 4 is 16.9 Å². The second-order valence-electron chi connectivity index (χ2n) is 3.78. The molecule has 0 saturated carbocycles. The van der Waals surface area contributed by atoms with Gasteiger partial charge in [-0.15, -0.1) is 0 Å². The van der Waals surface area contributed by atoms with Gasteiger partial charge in [-0.05, 0) is 31.5 Å². The van der Waals surface area contributed by atoms with Gasteiger partial charge in [0.1, 0.15) is 0 Å². The maximum Gasteiger partial charge on any atom is 0.336 e. The number of nitrogens with zero attached hydrogens (tertiary/aromatic N) is 1. The fraction of sp³-hybridized carbons (Fsp3) is 0.308. The van der Waals surface area contributed by atoms with Crippen LogP contribution >= 0.6 is 0 Å². The molecule has 1 N–H and O–H groups in total. The molecular formula is C13H15NO2. The third-order valence-corrected chi connectivity index (χ3v) is 2.94. The lowest BCUT2D eigenvalue weighted by molar-refractivity contribution is 0.0699. The maximum absolute atomic E-state index is 11.1. The molecule has 1 heterocycles. The van der Waals surface area contributed by atoms with Crippen LogP contribution in [0.3, 0.4) is 0 Å². The number of hydrogen-bond acceptors (Lipinski definition) is 1. The molecule has 84 valence electrons. The van der Waals surface area contributed by atoms with Crippen LogP contribution in [-0.2, 0) is 13.0 Å². The molecule has 0 spiro atoms. The summed E-state index contributed by atoms with van der Waals surface area (Å²) in [6.45, 7) is 5.03. The Labute approximate surface area is 94.3 Å². The van der Waals surface area contributed by atoms with Crippen molar-refractivity contribution in [3.63, 3.8) is 0 Å². The van der Waals surface area contributed by atoms with Crippen molar-refractivity contribution in [1.29, 1.82) is 0 Å². The van der Waals surface area contributed by atoms with E-state index >= 15 is 0 Å². The number of carboxylic acid groups (broad SMARTS) is 1. The molecule has 3 heteroatoms. The van der Waals surface area contributed by atoms with E-state index in [1.54, 1.807) is 12.1 Å². The Bertz CT molecular complexity index is 540. The second-order valence-corrected chi connectivity index (χ2v) is 3.78. The molecular weight excluding hydrogens is 202 g/mol. The third-order valence-electron chi connectivity index (χ3n) is 2.94. The molecule has 16 heavy (non-hydrogen) atoms. The van der Waals surface area contributed by atoms with Crippen LogP contribution in [0.15, 0.2) is 24.3 Å². The lowest BCUT2D eigenvalue weighted by atomic mass is 10.1. The number of hydrogen-bond donors (Lipinski definition) is 1. The van der Waals surface area contributed by atoms with Gasteiger partial charge in [0.05, 0.1) is 5.56 Å². The molecule has 1 aromatic carbocycles. The molecule has 0 radical (unpaired) electrons. The molecule has 0 aliphatic heterocycles. The SMILES string of the molecule is CCc1cc2c(C(=O)O)cccc2n1CC.